The van der Waals surface area contributed by atoms with Crippen molar-refractivity contribution in [2.24, 2.45) is 0 Å². The number of nitrogens with one attached hydrogen (secondary N) is 1. The maximum absolute atomic E-state index is 12.4. The largest absolute Gasteiger partial charge is 0.363 e. The molecule has 0 spiro atoms. The molecule has 20 heavy (non-hydrogen) atoms. The summed E-state index contributed by atoms with van der Waals surface area (Å²) in [5, 5.41) is 3.99. The number of rotatable bonds is 3. The standard InChI is InChI=1S/C16H19N3O/c1-10-5-4-6-12-13(16(20)17-11-7-8-11)9-14(19(2)3)18-15(10)12/h4-6,9,11H,7-8H2,1-3H3,(H,17,20). The van der Waals surface area contributed by atoms with Crippen molar-refractivity contribution in [3.8, 4) is 0 Å². The van der Waals surface area contributed by atoms with Gasteiger partial charge in [0.15, 0.2) is 0 Å². The number of amides is 1. The van der Waals surface area contributed by atoms with Gasteiger partial charge in [0, 0.05) is 25.5 Å². The minimum Gasteiger partial charge on any atom is -0.363 e. The van der Waals surface area contributed by atoms with Crippen molar-refractivity contribution in [3.63, 3.8) is 0 Å². The molecule has 0 atom stereocenters. The summed E-state index contributed by atoms with van der Waals surface area (Å²) in [7, 11) is 3.88. The summed E-state index contributed by atoms with van der Waals surface area (Å²) in [6, 6.07) is 8.20. The lowest BCUT2D eigenvalue weighted by Crippen LogP contribution is -2.26. The van der Waals surface area contributed by atoms with Gasteiger partial charge in [-0.05, 0) is 31.4 Å². The molecule has 1 amide bonds. The summed E-state index contributed by atoms with van der Waals surface area (Å²) in [4.78, 5) is 19.0. The van der Waals surface area contributed by atoms with Crippen LogP contribution in [0.25, 0.3) is 10.9 Å². The maximum Gasteiger partial charge on any atom is 0.252 e. The fraction of sp³-hybridized carbons (Fsp3) is 0.375. The Kier molecular flexibility index (Phi) is 3.08. The van der Waals surface area contributed by atoms with Crippen LogP contribution < -0.4 is 10.2 Å². The number of benzene rings is 1. The molecule has 1 N–H and O–H groups in total. The topological polar surface area (TPSA) is 45.2 Å². The van der Waals surface area contributed by atoms with E-state index in [0.717, 1.165) is 35.1 Å². The Bertz CT molecular complexity index is 675. The number of carbonyl (C=O) groups is 1. The summed E-state index contributed by atoms with van der Waals surface area (Å²) in [6.45, 7) is 2.03. The van der Waals surface area contributed by atoms with Crippen LogP contribution in [0.3, 0.4) is 0 Å². The van der Waals surface area contributed by atoms with Gasteiger partial charge in [-0.15, -0.1) is 0 Å². The van der Waals surface area contributed by atoms with Crippen LogP contribution in [0, 0.1) is 6.92 Å². The third-order valence-electron chi connectivity index (χ3n) is 3.64. The van der Waals surface area contributed by atoms with Crippen molar-refractivity contribution in [3.05, 3.63) is 35.4 Å². The summed E-state index contributed by atoms with van der Waals surface area (Å²) < 4.78 is 0. The van der Waals surface area contributed by atoms with E-state index < -0.39 is 0 Å². The van der Waals surface area contributed by atoms with Gasteiger partial charge in [0.1, 0.15) is 5.82 Å². The molecule has 104 valence electrons. The molecule has 0 bridgehead atoms. The van der Waals surface area contributed by atoms with Crippen LogP contribution in [0.15, 0.2) is 24.3 Å². The molecule has 0 radical (unpaired) electrons. The number of carbonyl (C=O) groups excluding carboxylic acids is 1. The number of anilines is 1. The first-order valence-corrected chi connectivity index (χ1v) is 6.95. The van der Waals surface area contributed by atoms with Crippen LogP contribution in [0.2, 0.25) is 0 Å². The Balaban J connectivity index is 2.16. The van der Waals surface area contributed by atoms with Gasteiger partial charge >= 0.3 is 0 Å². The monoisotopic (exact) mass is 269 g/mol. The summed E-state index contributed by atoms with van der Waals surface area (Å²) >= 11 is 0. The van der Waals surface area contributed by atoms with Crippen molar-refractivity contribution in [2.45, 2.75) is 25.8 Å². The van der Waals surface area contributed by atoms with E-state index in [4.69, 9.17) is 0 Å². The lowest BCUT2D eigenvalue weighted by atomic mass is 10.0. The highest BCUT2D eigenvalue weighted by Crippen LogP contribution is 2.26. The molecule has 4 heteroatoms. The van der Waals surface area contributed by atoms with Crippen molar-refractivity contribution in [1.82, 2.24) is 10.3 Å². The maximum atomic E-state index is 12.4. The fourth-order valence-corrected chi connectivity index (χ4v) is 2.29. The molecular weight excluding hydrogens is 250 g/mol. The Morgan fingerprint density at radius 2 is 2.10 bits per heavy atom. The third-order valence-corrected chi connectivity index (χ3v) is 3.64. The van der Waals surface area contributed by atoms with Crippen LogP contribution in [-0.2, 0) is 0 Å². The highest BCUT2D eigenvalue weighted by Gasteiger charge is 2.25. The molecule has 1 aromatic carbocycles. The zero-order chi connectivity index (χ0) is 14.3. The van der Waals surface area contributed by atoms with E-state index in [1.165, 1.54) is 0 Å². The number of aromatic nitrogens is 1. The van der Waals surface area contributed by atoms with E-state index in [1.54, 1.807) is 0 Å². The molecule has 1 aromatic heterocycles. The fourth-order valence-electron chi connectivity index (χ4n) is 2.29. The van der Waals surface area contributed by atoms with Gasteiger partial charge in [0.05, 0.1) is 11.1 Å². The van der Waals surface area contributed by atoms with Gasteiger partial charge in [0.2, 0.25) is 0 Å². The first-order valence-electron chi connectivity index (χ1n) is 6.95. The van der Waals surface area contributed by atoms with E-state index in [1.807, 2.05) is 50.2 Å². The first kappa shape index (κ1) is 12.9. The van der Waals surface area contributed by atoms with Crippen molar-refractivity contribution >= 4 is 22.6 Å². The Morgan fingerprint density at radius 1 is 1.35 bits per heavy atom. The normalized spacial score (nSPS) is 14.3. The number of hydrogen-bond acceptors (Lipinski definition) is 3. The molecule has 4 nitrogen and oxygen atoms in total. The molecule has 3 rings (SSSR count). The number of aryl methyl sites for hydroxylation is 1. The molecule has 1 fully saturated rings. The quantitative estimate of drug-likeness (QED) is 0.931. The second kappa shape index (κ2) is 4.78. The van der Waals surface area contributed by atoms with E-state index in [-0.39, 0.29) is 5.91 Å². The zero-order valence-electron chi connectivity index (χ0n) is 12.1. The van der Waals surface area contributed by atoms with Crippen LogP contribution in [0.4, 0.5) is 5.82 Å². The average molecular weight is 269 g/mol. The predicted molar refractivity (Wildman–Crippen MR) is 81.3 cm³/mol. The Hall–Kier alpha value is -2.10. The van der Waals surface area contributed by atoms with E-state index >= 15 is 0 Å². The predicted octanol–water partition coefficient (Wildman–Crippen LogP) is 2.50. The van der Waals surface area contributed by atoms with Gasteiger partial charge in [-0.1, -0.05) is 18.2 Å². The van der Waals surface area contributed by atoms with Gasteiger partial charge < -0.3 is 10.2 Å². The average Bonchev–Trinajstić information content (AvgIpc) is 3.22. The molecule has 1 aliphatic rings. The number of pyridine rings is 1. The number of fused-ring (bicyclic) bond motifs is 1. The van der Waals surface area contributed by atoms with E-state index in [0.29, 0.717) is 11.6 Å². The van der Waals surface area contributed by atoms with Gasteiger partial charge in [-0.2, -0.15) is 0 Å². The Morgan fingerprint density at radius 3 is 2.75 bits per heavy atom. The zero-order valence-corrected chi connectivity index (χ0v) is 12.1. The summed E-state index contributed by atoms with van der Waals surface area (Å²) in [5.74, 6) is 0.821. The summed E-state index contributed by atoms with van der Waals surface area (Å²) in [5.41, 5.74) is 2.71. The molecule has 1 saturated carbocycles. The van der Waals surface area contributed by atoms with Gasteiger partial charge in [-0.3, -0.25) is 4.79 Å². The van der Waals surface area contributed by atoms with Crippen LogP contribution >= 0.6 is 0 Å². The highest BCUT2D eigenvalue weighted by molar-refractivity contribution is 6.07. The first-order chi connectivity index (χ1) is 9.56. The molecule has 1 aliphatic carbocycles. The summed E-state index contributed by atoms with van der Waals surface area (Å²) in [6.07, 6.45) is 2.18. The number of hydrogen-bond donors (Lipinski definition) is 1. The van der Waals surface area contributed by atoms with E-state index in [9.17, 15) is 4.79 Å². The molecule has 0 unspecified atom stereocenters. The van der Waals surface area contributed by atoms with E-state index in [2.05, 4.69) is 10.3 Å². The molecule has 0 saturated heterocycles. The smallest absolute Gasteiger partial charge is 0.252 e. The Labute approximate surface area is 118 Å². The SMILES string of the molecule is Cc1cccc2c(C(=O)NC3CC3)cc(N(C)C)nc12. The minimum atomic E-state index is 0.00796. The lowest BCUT2D eigenvalue weighted by molar-refractivity contribution is 0.0952. The van der Waals surface area contributed by atoms with Crippen LogP contribution in [0.5, 0.6) is 0 Å². The molecule has 2 aromatic rings. The second-order valence-corrected chi connectivity index (χ2v) is 5.64. The molecule has 1 heterocycles. The minimum absolute atomic E-state index is 0.00796. The van der Waals surface area contributed by atoms with Crippen LogP contribution in [0.1, 0.15) is 28.8 Å². The number of nitrogens with zero attached hydrogens (tertiary/aromatic N) is 2. The highest BCUT2D eigenvalue weighted by atomic mass is 16.1. The third kappa shape index (κ3) is 2.33. The van der Waals surface area contributed by atoms with Gasteiger partial charge in [-0.25, -0.2) is 4.98 Å². The second-order valence-electron chi connectivity index (χ2n) is 5.64. The van der Waals surface area contributed by atoms with Crippen molar-refractivity contribution in [2.75, 3.05) is 19.0 Å². The molecular formula is C16H19N3O. The van der Waals surface area contributed by atoms with Crippen molar-refractivity contribution < 1.29 is 4.79 Å². The lowest BCUT2D eigenvalue weighted by Gasteiger charge is -2.16. The molecule has 0 aliphatic heterocycles. The van der Waals surface area contributed by atoms with Crippen LogP contribution in [-0.4, -0.2) is 31.0 Å². The number of para-hydroxylation sites is 1. The van der Waals surface area contributed by atoms with Gasteiger partial charge in [0.25, 0.3) is 5.91 Å². The van der Waals surface area contributed by atoms with Crippen molar-refractivity contribution in [1.29, 1.82) is 0 Å².